The van der Waals surface area contributed by atoms with Gasteiger partial charge in [0.05, 0.1) is 5.69 Å². The van der Waals surface area contributed by atoms with Crippen molar-refractivity contribution in [1.82, 2.24) is 9.78 Å². The van der Waals surface area contributed by atoms with Crippen molar-refractivity contribution < 1.29 is 4.79 Å². The molecule has 3 heteroatoms. The van der Waals surface area contributed by atoms with Gasteiger partial charge >= 0.3 is 0 Å². The maximum Gasteiger partial charge on any atom is 0.142 e. The number of aldehydes is 1. The third-order valence-electron chi connectivity index (χ3n) is 2.29. The van der Waals surface area contributed by atoms with E-state index in [0.29, 0.717) is 0 Å². The molecule has 0 spiro atoms. The van der Waals surface area contributed by atoms with Crippen molar-refractivity contribution in [3.8, 4) is 11.3 Å². The van der Waals surface area contributed by atoms with Gasteiger partial charge in [-0.05, 0) is 17.7 Å². The molecule has 1 aromatic heterocycles. The molecule has 1 aromatic carbocycles. The third kappa shape index (κ3) is 2.25. The summed E-state index contributed by atoms with van der Waals surface area (Å²) in [6.45, 7) is 0. The van der Waals surface area contributed by atoms with Crippen molar-refractivity contribution in [3.63, 3.8) is 0 Å². The molecular weight excluding hydrogens is 200 g/mol. The van der Waals surface area contributed by atoms with Crippen LogP contribution in [0.1, 0.15) is 5.56 Å². The molecule has 0 aliphatic heterocycles. The van der Waals surface area contributed by atoms with Crippen LogP contribution in [-0.2, 0) is 11.8 Å². The summed E-state index contributed by atoms with van der Waals surface area (Å²) in [5.41, 5.74) is 3.03. The van der Waals surface area contributed by atoms with Crippen LogP contribution in [-0.4, -0.2) is 16.1 Å². The molecule has 3 nitrogen and oxygen atoms in total. The van der Waals surface area contributed by atoms with Crippen LogP contribution in [0.2, 0.25) is 0 Å². The van der Waals surface area contributed by atoms with Crippen molar-refractivity contribution in [2.75, 3.05) is 0 Å². The standard InChI is InChI=1S/C13H12N2O/c1-15-9-8-13(14-15)12-6-4-11(5-7-12)3-2-10-16/h2-10H,1H3/b3-2+. The molecule has 0 saturated carbocycles. The minimum absolute atomic E-state index is 0.770. The molecule has 2 rings (SSSR count). The second-order valence-electron chi connectivity index (χ2n) is 3.49. The third-order valence-corrected chi connectivity index (χ3v) is 2.29. The zero-order valence-corrected chi connectivity index (χ0v) is 9.00. The van der Waals surface area contributed by atoms with Crippen molar-refractivity contribution in [2.24, 2.45) is 7.05 Å². The molecule has 80 valence electrons. The van der Waals surface area contributed by atoms with E-state index in [-0.39, 0.29) is 0 Å². The first-order valence-corrected chi connectivity index (χ1v) is 5.01. The van der Waals surface area contributed by atoms with E-state index in [0.717, 1.165) is 23.1 Å². The van der Waals surface area contributed by atoms with Crippen LogP contribution >= 0.6 is 0 Å². The molecule has 0 aliphatic rings. The van der Waals surface area contributed by atoms with E-state index >= 15 is 0 Å². The van der Waals surface area contributed by atoms with Gasteiger partial charge in [-0.1, -0.05) is 30.3 Å². The van der Waals surface area contributed by atoms with Gasteiger partial charge in [0, 0.05) is 18.8 Å². The fourth-order valence-electron chi connectivity index (χ4n) is 1.48. The van der Waals surface area contributed by atoms with E-state index in [1.165, 1.54) is 6.08 Å². The number of rotatable bonds is 3. The lowest BCUT2D eigenvalue weighted by molar-refractivity contribution is -0.104. The molecule has 0 bridgehead atoms. The molecule has 0 fully saturated rings. The molecule has 16 heavy (non-hydrogen) atoms. The fraction of sp³-hybridized carbons (Fsp3) is 0.0769. The summed E-state index contributed by atoms with van der Waals surface area (Å²) in [6, 6.07) is 9.88. The minimum Gasteiger partial charge on any atom is -0.299 e. The lowest BCUT2D eigenvalue weighted by atomic mass is 10.1. The predicted octanol–water partition coefficient (Wildman–Crippen LogP) is 2.30. The summed E-state index contributed by atoms with van der Waals surface area (Å²) >= 11 is 0. The summed E-state index contributed by atoms with van der Waals surface area (Å²) in [5, 5.41) is 4.32. The first-order chi connectivity index (χ1) is 7.79. The van der Waals surface area contributed by atoms with Gasteiger partial charge in [-0.2, -0.15) is 5.10 Å². The first kappa shape index (κ1) is 10.4. The van der Waals surface area contributed by atoms with Crippen molar-refractivity contribution >= 4 is 12.4 Å². The number of carbonyl (C=O) groups excluding carboxylic acids is 1. The van der Waals surface area contributed by atoms with Gasteiger partial charge in [0.25, 0.3) is 0 Å². The maximum absolute atomic E-state index is 10.2. The molecule has 0 saturated heterocycles. The highest BCUT2D eigenvalue weighted by molar-refractivity contribution is 5.74. The zero-order chi connectivity index (χ0) is 11.4. The van der Waals surface area contributed by atoms with Crippen LogP contribution < -0.4 is 0 Å². The van der Waals surface area contributed by atoms with Crippen LogP contribution in [0.25, 0.3) is 17.3 Å². The smallest absolute Gasteiger partial charge is 0.142 e. The molecule has 1 heterocycles. The fourth-order valence-corrected chi connectivity index (χ4v) is 1.48. The lowest BCUT2D eigenvalue weighted by Gasteiger charge is -1.97. The summed E-state index contributed by atoms with van der Waals surface area (Å²) in [4.78, 5) is 10.2. The normalized spacial score (nSPS) is 10.8. The number of hydrogen-bond acceptors (Lipinski definition) is 2. The molecule has 2 aromatic rings. The zero-order valence-electron chi connectivity index (χ0n) is 9.00. The minimum atomic E-state index is 0.770. The number of aryl methyl sites for hydroxylation is 1. The number of carbonyl (C=O) groups is 1. The van der Waals surface area contributed by atoms with Gasteiger partial charge in [0.2, 0.25) is 0 Å². The average Bonchev–Trinajstić information content (AvgIpc) is 2.74. The van der Waals surface area contributed by atoms with E-state index in [9.17, 15) is 4.79 Å². The Morgan fingerprint density at radius 3 is 2.50 bits per heavy atom. The highest BCUT2D eigenvalue weighted by Crippen LogP contribution is 2.17. The van der Waals surface area contributed by atoms with E-state index in [4.69, 9.17) is 0 Å². The van der Waals surface area contributed by atoms with Crippen LogP contribution in [0, 0.1) is 0 Å². The van der Waals surface area contributed by atoms with Gasteiger partial charge in [-0.15, -0.1) is 0 Å². The summed E-state index contributed by atoms with van der Waals surface area (Å²) in [6.07, 6.45) is 5.94. The number of allylic oxidation sites excluding steroid dienone is 1. The largest absolute Gasteiger partial charge is 0.299 e. The van der Waals surface area contributed by atoms with Crippen LogP contribution in [0.15, 0.2) is 42.6 Å². The van der Waals surface area contributed by atoms with Crippen molar-refractivity contribution in [2.45, 2.75) is 0 Å². The number of aromatic nitrogens is 2. The molecular formula is C13H12N2O. The Morgan fingerprint density at radius 1 is 1.19 bits per heavy atom. The van der Waals surface area contributed by atoms with Crippen molar-refractivity contribution in [3.05, 3.63) is 48.2 Å². The Kier molecular flexibility index (Phi) is 2.96. The Hall–Kier alpha value is -2.16. The van der Waals surface area contributed by atoms with Gasteiger partial charge in [0.1, 0.15) is 6.29 Å². The highest BCUT2D eigenvalue weighted by atomic mass is 16.1. The predicted molar refractivity (Wildman–Crippen MR) is 63.7 cm³/mol. The Labute approximate surface area is 94.0 Å². The SMILES string of the molecule is Cn1ccc(-c2ccc(/C=C/C=O)cc2)n1. The van der Waals surface area contributed by atoms with E-state index in [2.05, 4.69) is 5.10 Å². The summed E-state index contributed by atoms with van der Waals surface area (Å²) in [5.74, 6) is 0. The average molecular weight is 212 g/mol. The summed E-state index contributed by atoms with van der Waals surface area (Å²) in [7, 11) is 1.89. The lowest BCUT2D eigenvalue weighted by Crippen LogP contribution is -1.87. The van der Waals surface area contributed by atoms with E-state index < -0.39 is 0 Å². The molecule has 0 radical (unpaired) electrons. The van der Waals surface area contributed by atoms with Crippen LogP contribution in [0.3, 0.4) is 0 Å². The first-order valence-electron chi connectivity index (χ1n) is 5.01. The summed E-state index contributed by atoms with van der Waals surface area (Å²) < 4.78 is 1.77. The number of hydrogen-bond donors (Lipinski definition) is 0. The van der Waals surface area contributed by atoms with Crippen LogP contribution in [0.4, 0.5) is 0 Å². The monoisotopic (exact) mass is 212 g/mol. The van der Waals surface area contributed by atoms with Gasteiger partial charge in [-0.25, -0.2) is 0 Å². The Balaban J connectivity index is 2.25. The molecule has 0 N–H and O–H groups in total. The number of nitrogens with zero attached hydrogens (tertiary/aromatic N) is 2. The Morgan fingerprint density at radius 2 is 1.94 bits per heavy atom. The maximum atomic E-state index is 10.2. The molecule has 0 aliphatic carbocycles. The molecule has 0 unspecified atom stereocenters. The Bertz CT molecular complexity index is 509. The highest BCUT2D eigenvalue weighted by Gasteiger charge is 1.99. The topological polar surface area (TPSA) is 34.9 Å². The van der Waals surface area contributed by atoms with E-state index in [1.54, 1.807) is 10.8 Å². The van der Waals surface area contributed by atoms with Gasteiger partial charge in [-0.3, -0.25) is 9.48 Å². The second-order valence-corrected chi connectivity index (χ2v) is 3.49. The second kappa shape index (κ2) is 4.57. The quantitative estimate of drug-likeness (QED) is 0.578. The molecule has 0 atom stereocenters. The van der Waals surface area contributed by atoms with E-state index in [1.807, 2.05) is 43.6 Å². The van der Waals surface area contributed by atoms with Crippen molar-refractivity contribution in [1.29, 1.82) is 0 Å². The number of benzene rings is 1. The van der Waals surface area contributed by atoms with Gasteiger partial charge in [0.15, 0.2) is 0 Å². The molecule has 0 amide bonds. The van der Waals surface area contributed by atoms with Crippen LogP contribution in [0.5, 0.6) is 0 Å². The van der Waals surface area contributed by atoms with Gasteiger partial charge < -0.3 is 0 Å².